The second-order valence-electron chi connectivity index (χ2n) is 17.4. The van der Waals surface area contributed by atoms with Gasteiger partial charge in [0, 0.05) is 12.6 Å². The number of ketones is 1. The van der Waals surface area contributed by atoms with Crippen LogP contribution < -0.4 is 21.3 Å². The zero-order valence-electron chi connectivity index (χ0n) is 29.9. The molecule has 5 aliphatic rings. The van der Waals surface area contributed by atoms with Gasteiger partial charge in [0.15, 0.2) is 9.84 Å². The van der Waals surface area contributed by atoms with Crippen molar-refractivity contribution in [2.45, 2.75) is 153 Å². The Morgan fingerprint density at radius 1 is 0.938 bits per heavy atom. The van der Waals surface area contributed by atoms with Crippen LogP contribution in [0.1, 0.15) is 119 Å². The fraction of sp³-hybridized carbons (Fsp3) is 0.857. The molecule has 1 aliphatic heterocycles. The number of hydrogen-bond acceptors (Lipinski definition) is 7. The zero-order valence-corrected chi connectivity index (χ0v) is 30.7. The van der Waals surface area contributed by atoms with Gasteiger partial charge in [-0.1, -0.05) is 53.4 Å². The average molecular weight is 692 g/mol. The van der Waals surface area contributed by atoms with Crippen molar-refractivity contribution < 1.29 is 32.4 Å². The first kappa shape index (κ1) is 36.6. The molecule has 0 aromatic rings. The van der Waals surface area contributed by atoms with Crippen molar-refractivity contribution in [3.05, 3.63) is 0 Å². The molecule has 0 spiro atoms. The first-order chi connectivity index (χ1) is 22.2. The number of fused-ring (bicyclic) bond motifs is 1. The van der Waals surface area contributed by atoms with Gasteiger partial charge in [-0.3, -0.25) is 19.2 Å². The van der Waals surface area contributed by atoms with Crippen molar-refractivity contribution in [3.63, 3.8) is 0 Å². The number of piperidine rings is 1. The van der Waals surface area contributed by atoms with Crippen molar-refractivity contribution in [2.75, 3.05) is 12.3 Å². The molecule has 5 amide bonds. The highest BCUT2D eigenvalue weighted by atomic mass is 32.2. The molecule has 4 aliphatic carbocycles. The van der Waals surface area contributed by atoms with Crippen LogP contribution >= 0.6 is 0 Å². The fourth-order valence-electron chi connectivity index (χ4n) is 7.85. The van der Waals surface area contributed by atoms with Crippen LogP contribution in [0.2, 0.25) is 0 Å². The Kier molecular flexibility index (Phi) is 9.82. The van der Waals surface area contributed by atoms with Gasteiger partial charge in [-0.2, -0.15) is 0 Å². The second-order valence-corrected chi connectivity index (χ2v) is 20.2. The minimum Gasteiger partial charge on any atom is -0.347 e. The second kappa shape index (κ2) is 12.9. The van der Waals surface area contributed by atoms with Crippen molar-refractivity contribution in [1.82, 2.24) is 26.2 Å². The third-order valence-corrected chi connectivity index (χ3v) is 14.1. The number of urea groups is 1. The molecule has 5 rings (SSSR count). The molecule has 0 radical (unpaired) electrons. The number of hydrogen-bond donors (Lipinski definition) is 4. The Morgan fingerprint density at radius 3 is 2.15 bits per heavy atom. The van der Waals surface area contributed by atoms with E-state index in [2.05, 4.69) is 21.3 Å². The molecule has 13 heteroatoms. The number of carbonyl (C=O) groups excluding carboxylic acids is 5. The predicted octanol–water partition coefficient (Wildman–Crippen LogP) is 2.99. The summed E-state index contributed by atoms with van der Waals surface area (Å²) >= 11 is 0. The molecule has 1 heterocycles. The summed E-state index contributed by atoms with van der Waals surface area (Å²) in [6.07, 6.45) is 7.99. The summed E-state index contributed by atoms with van der Waals surface area (Å²) in [5.74, 6) is -2.29. The number of rotatable bonds is 12. The lowest BCUT2D eigenvalue weighted by Gasteiger charge is -2.41. The standard InChI is InChI=1S/C35H57N5O7S/c1-8-12-22-18-35(22,27(41)29(43)36-23-13-14-23)38-28(42)25-24-17-21(24)19-40(25)30(44)26(32(2,3)4)37-31(45)39-34(15-10-9-11-16-34)20-48(46,47)33(5,6)7/h21-26H,8-20H2,1-7H3,(H,36,43)(H,38,42)(H2,37,39,45)/t21-,22-,24-,25-,26+,35+/m0/s1. The molecule has 0 bridgehead atoms. The molecule has 0 aromatic heterocycles. The minimum atomic E-state index is -3.55. The average Bonchev–Trinajstić information content (AvgIpc) is 3.92. The highest BCUT2D eigenvalue weighted by molar-refractivity contribution is 7.92. The number of sulfone groups is 1. The zero-order chi connectivity index (χ0) is 35.4. The van der Waals surface area contributed by atoms with E-state index < -0.39 is 72.7 Å². The molecule has 0 aromatic carbocycles. The SMILES string of the molecule is CCC[C@H]1C[C@]1(NC(=O)[C@@H]1[C@H]2C[C@H]2CN1C(=O)[C@@H](NC(=O)NC1(CS(=O)(=O)C(C)(C)C)CCCCC1)C(C)(C)C)C(=O)C(=O)NC1CC1. The van der Waals surface area contributed by atoms with Gasteiger partial charge in [0.1, 0.15) is 17.6 Å². The molecule has 0 unspecified atom stereocenters. The van der Waals surface area contributed by atoms with Gasteiger partial charge in [-0.25, -0.2) is 13.2 Å². The highest BCUT2D eigenvalue weighted by Crippen LogP contribution is 2.52. The third kappa shape index (κ3) is 7.55. The normalized spacial score (nSPS) is 30.0. The maximum atomic E-state index is 14.3. The summed E-state index contributed by atoms with van der Waals surface area (Å²) in [6.45, 7) is 12.9. The van der Waals surface area contributed by atoms with E-state index in [1.165, 1.54) is 0 Å². The number of nitrogens with zero attached hydrogens (tertiary/aromatic N) is 1. The van der Waals surface area contributed by atoms with Crippen molar-refractivity contribution >= 4 is 39.4 Å². The highest BCUT2D eigenvalue weighted by Gasteiger charge is 2.65. The predicted molar refractivity (Wildman–Crippen MR) is 181 cm³/mol. The first-order valence-corrected chi connectivity index (χ1v) is 19.7. The van der Waals surface area contributed by atoms with Crippen LogP contribution in [-0.2, 0) is 29.0 Å². The van der Waals surface area contributed by atoms with Crippen molar-refractivity contribution in [2.24, 2.45) is 23.2 Å². The van der Waals surface area contributed by atoms with Crippen LogP contribution in [0.15, 0.2) is 0 Å². The van der Waals surface area contributed by atoms with E-state index in [0.29, 0.717) is 32.2 Å². The maximum Gasteiger partial charge on any atom is 0.315 e. The fourth-order valence-corrected chi connectivity index (χ4v) is 9.38. The Balaban J connectivity index is 1.31. The number of amides is 5. The Morgan fingerprint density at radius 2 is 1.58 bits per heavy atom. The summed E-state index contributed by atoms with van der Waals surface area (Å²) in [5, 5.41) is 11.6. The van der Waals surface area contributed by atoms with Gasteiger partial charge in [0.25, 0.3) is 5.91 Å². The van der Waals surface area contributed by atoms with Crippen LogP contribution in [0, 0.1) is 23.2 Å². The summed E-state index contributed by atoms with van der Waals surface area (Å²) in [5.41, 5.74) is -2.93. The Labute approximate surface area is 286 Å². The first-order valence-electron chi connectivity index (χ1n) is 18.0. The lowest BCUT2D eigenvalue weighted by atomic mass is 9.83. The van der Waals surface area contributed by atoms with Gasteiger partial charge >= 0.3 is 6.03 Å². The lowest BCUT2D eigenvalue weighted by molar-refractivity contribution is -0.145. The van der Waals surface area contributed by atoms with Gasteiger partial charge in [-0.15, -0.1) is 0 Å². The van der Waals surface area contributed by atoms with E-state index in [9.17, 15) is 32.4 Å². The molecule has 6 atom stereocenters. The molecule has 1 saturated heterocycles. The largest absolute Gasteiger partial charge is 0.347 e. The van der Waals surface area contributed by atoms with Crippen LogP contribution in [0.25, 0.3) is 0 Å². The van der Waals surface area contributed by atoms with Gasteiger partial charge in [-0.05, 0) is 88.9 Å². The van der Waals surface area contributed by atoms with E-state index in [4.69, 9.17) is 0 Å². The molecular weight excluding hydrogens is 634 g/mol. The van der Waals surface area contributed by atoms with E-state index >= 15 is 0 Å². The number of Topliss-reactive ketones (excluding diaryl/α,β-unsaturated/α-hetero) is 1. The quantitative estimate of drug-likeness (QED) is 0.228. The summed E-state index contributed by atoms with van der Waals surface area (Å²) in [4.78, 5) is 69.8. The van der Waals surface area contributed by atoms with Crippen LogP contribution in [0.3, 0.4) is 0 Å². The van der Waals surface area contributed by atoms with Crippen molar-refractivity contribution in [3.8, 4) is 0 Å². The van der Waals surface area contributed by atoms with E-state index in [1.807, 2.05) is 27.7 Å². The Bertz CT molecular complexity index is 1420. The van der Waals surface area contributed by atoms with E-state index in [0.717, 1.165) is 44.9 Å². The van der Waals surface area contributed by atoms with Gasteiger partial charge in [0.2, 0.25) is 17.6 Å². The van der Waals surface area contributed by atoms with Crippen LogP contribution in [0.4, 0.5) is 4.79 Å². The minimum absolute atomic E-state index is 0.0164. The van der Waals surface area contributed by atoms with Gasteiger partial charge in [0.05, 0.1) is 16.0 Å². The van der Waals surface area contributed by atoms with Gasteiger partial charge < -0.3 is 26.2 Å². The van der Waals surface area contributed by atoms with Crippen LogP contribution in [-0.4, -0.2) is 89.1 Å². The molecule has 48 heavy (non-hydrogen) atoms. The van der Waals surface area contributed by atoms with E-state index in [-0.39, 0.29) is 29.5 Å². The number of likely N-dealkylation sites (tertiary alicyclic amines) is 1. The molecule has 5 fully saturated rings. The number of carbonyl (C=O) groups is 5. The smallest absolute Gasteiger partial charge is 0.315 e. The molecule has 270 valence electrons. The molecule has 12 nitrogen and oxygen atoms in total. The summed E-state index contributed by atoms with van der Waals surface area (Å²) in [7, 11) is -3.55. The van der Waals surface area contributed by atoms with E-state index in [1.54, 1.807) is 25.7 Å². The molecule has 4 N–H and O–H groups in total. The topological polar surface area (TPSA) is 171 Å². The van der Waals surface area contributed by atoms with Crippen molar-refractivity contribution in [1.29, 1.82) is 0 Å². The third-order valence-electron chi connectivity index (χ3n) is 11.3. The maximum absolute atomic E-state index is 14.3. The lowest BCUT2D eigenvalue weighted by Crippen LogP contribution is -2.64. The Hall–Kier alpha value is -2.70. The van der Waals surface area contributed by atoms with Crippen LogP contribution in [0.5, 0.6) is 0 Å². The molecular formula is C35H57N5O7S. The summed E-state index contributed by atoms with van der Waals surface area (Å²) in [6, 6.07) is -2.40. The monoisotopic (exact) mass is 691 g/mol. The number of nitrogens with one attached hydrogen (secondary N) is 4. The summed E-state index contributed by atoms with van der Waals surface area (Å²) < 4.78 is 25.6. The molecule has 4 saturated carbocycles.